The van der Waals surface area contributed by atoms with Crippen LogP contribution < -0.4 is 5.32 Å². The van der Waals surface area contributed by atoms with E-state index in [0.717, 1.165) is 12.6 Å². The molecule has 0 radical (unpaired) electrons. The van der Waals surface area contributed by atoms with Crippen molar-refractivity contribution in [3.8, 4) is 0 Å². The molecule has 1 fully saturated rings. The molecule has 1 aliphatic rings. The summed E-state index contributed by atoms with van der Waals surface area (Å²) in [5.41, 5.74) is 2.75. The van der Waals surface area contributed by atoms with E-state index in [4.69, 9.17) is 0 Å². The highest BCUT2D eigenvalue weighted by molar-refractivity contribution is 5.21. The first kappa shape index (κ1) is 12.6. The van der Waals surface area contributed by atoms with Crippen molar-refractivity contribution < 1.29 is 0 Å². The molecule has 2 heteroatoms. The molecule has 1 unspecified atom stereocenters. The molecule has 1 heterocycles. The van der Waals surface area contributed by atoms with Gasteiger partial charge in [-0.1, -0.05) is 29.8 Å². The molecule has 94 valence electrons. The van der Waals surface area contributed by atoms with Crippen molar-refractivity contribution in [3.63, 3.8) is 0 Å². The van der Waals surface area contributed by atoms with Crippen molar-refractivity contribution >= 4 is 0 Å². The van der Waals surface area contributed by atoms with Crippen LogP contribution >= 0.6 is 0 Å². The van der Waals surface area contributed by atoms with Gasteiger partial charge in [-0.15, -0.1) is 0 Å². The average Bonchev–Trinajstić information content (AvgIpc) is 2.83. The van der Waals surface area contributed by atoms with Gasteiger partial charge in [0.05, 0.1) is 0 Å². The molecule has 2 nitrogen and oxygen atoms in total. The first-order chi connectivity index (χ1) is 8.24. The van der Waals surface area contributed by atoms with Gasteiger partial charge in [-0.25, -0.2) is 0 Å². The van der Waals surface area contributed by atoms with Crippen LogP contribution in [0, 0.1) is 6.92 Å². The van der Waals surface area contributed by atoms with Gasteiger partial charge in [-0.05, 0) is 51.9 Å². The molecule has 0 bridgehead atoms. The minimum absolute atomic E-state index is 0.760. The number of nitrogens with one attached hydrogen (secondary N) is 1. The van der Waals surface area contributed by atoms with E-state index in [-0.39, 0.29) is 0 Å². The van der Waals surface area contributed by atoms with Gasteiger partial charge in [0.2, 0.25) is 0 Å². The fourth-order valence-electron chi connectivity index (χ4n) is 2.46. The summed E-state index contributed by atoms with van der Waals surface area (Å²) < 4.78 is 0. The Hall–Kier alpha value is -0.860. The Morgan fingerprint density at radius 3 is 2.71 bits per heavy atom. The smallest absolute Gasteiger partial charge is 0.0230 e. The van der Waals surface area contributed by atoms with Crippen molar-refractivity contribution in [1.82, 2.24) is 10.2 Å². The van der Waals surface area contributed by atoms with Crippen LogP contribution in [0.4, 0.5) is 0 Å². The molecule has 1 saturated heterocycles. The predicted octanol–water partition coefficient (Wildman–Crippen LogP) is 2.57. The zero-order valence-electron chi connectivity index (χ0n) is 11.1. The van der Waals surface area contributed by atoms with Crippen LogP contribution in [-0.2, 0) is 6.54 Å². The Morgan fingerprint density at radius 2 is 2.06 bits per heavy atom. The lowest BCUT2D eigenvalue weighted by Crippen LogP contribution is -2.28. The molecule has 1 aromatic carbocycles. The standard InChI is InChI=1S/C15H24N2/c1-13-5-7-14(8-6-13)12-17(2)11-9-15-4-3-10-16-15/h5-8,15-16H,3-4,9-12H2,1-2H3. The van der Waals surface area contributed by atoms with E-state index in [9.17, 15) is 0 Å². The summed E-state index contributed by atoms with van der Waals surface area (Å²) in [4.78, 5) is 2.42. The second kappa shape index (κ2) is 6.18. The molecule has 0 amide bonds. The van der Waals surface area contributed by atoms with E-state index >= 15 is 0 Å². The minimum Gasteiger partial charge on any atom is -0.314 e. The number of hydrogen-bond acceptors (Lipinski definition) is 2. The van der Waals surface area contributed by atoms with Gasteiger partial charge in [0.15, 0.2) is 0 Å². The maximum Gasteiger partial charge on any atom is 0.0230 e. The maximum absolute atomic E-state index is 3.56. The third kappa shape index (κ3) is 4.14. The van der Waals surface area contributed by atoms with E-state index in [2.05, 4.69) is 48.5 Å². The van der Waals surface area contributed by atoms with Crippen molar-refractivity contribution in [2.45, 2.75) is 38.8 Å². The van der Waals surface area contributed by atoms with E-state index in [1.165, 1.54) is 43.5 Å². The Labute approximate surface area is 105 Å². The third-order valence-electron chi connectivity index (χ3n) is 3.59. The fourth-order valence-corrected chi connectivity index (χ4v) is 2.46. The topological polar surface area (TPSA) is 15.3 Å². The highest BCUT2D eigenvalue weighted by atomic mass is 15.1. The molecule has 0 saturated carbocycles. The average molecular weight is 232 g/mol. The lowest BCUT2D eigenvalue weighted by molar-refractivity contribution is 0.305. The highest BCUT2D eigenvalue weighted by Crippen LogP contribution is 2.11. The summed E-state index contributed by atoms with van der Waals surface area (Å²) in [6.07, 6.45) is 3.99. The Kier molecular flexibility index (Phi) is 4.57. The molecule has 1 aromatic rings. The summed E-state index contributed by atoms with van der Waals surface area (Å²) >= 11 is 0. The summed E-state index contributed by atoms with van der Waals surface area (Å²) in [5.74, 6) is 0. The molecule has 2 rings (SSSR count). The minimum atomic E-state index is 0.760. The normalized spacial score (nSPS) is 20.1. The van der Waals surface area contributed by atoms with Gasteiger partial charge < -0.3 is 10.2 Å². The first-order valence-corrected chi connectivity index (χ1v) is 6.71. The van der Waals surface area contributed by atoms with Crippen molar-refractivity contribution in [2.24, 2.45) is 0 Å². The van der Waals surface area contributed by atoms with E-state index in [1.54, 1.807) is 0 Å². The number of nitrogens with zero attached hydrogens (tertiary/aromatic N) is 1. The second-order valence-electron chi connectivity index (χ2n) is 5.31. The van der Waals surface area contributed by atoms with Crippen LogP contribution in [-0.4, -0.2) is 31.1 Å². The fraction of sp³-hybridized carbons (Fsp3) is 0.600. The number of aryl methyl sites for hydroxylation is 1. The summed E-state index contributed by atoms with van der Waals surface area (Å²) in [6, 6.07) is 9.62. The Morgan fingerprint density at radius 1 is 1.29 bits per heavy atom. The monoisotopic (exact) mass is 232 g/mol. The molecule has 17 heavy (non-hydrogen) atoms. The van der Waals surface area contributed by atoms with E-state index < -0.39 is 0 Å². The molecule has 1 aliphatic heterocycles. The number of rotatable bonds is 5. The summed E-state index contributed by atoms with van der Waals surface area (Å²) in [7, 11) is 2.22. The van der Waals surface area contributed by atoms with E-state index in [1.807, 2.05) is 0 Å². The quantitative estimate of drug-likeness (QED) is 0.839. The zero-order valence-corrected chi connectivity index (χ0v) is 11.1. The summed E-state index contributed by atoms with van der Waals surface area (Å²) in [6.45, 7) is 5.60. The van der Waals surface area contributed by atoms with Crippen LogP contribution in [0.25, 0.3) is 0 Å². The summed E-state index contributed by atoms with van der Waals surface area (Å²) in [5, 5.41) is 3.56. The molecule has 0 spiro atoms. The van der Waals surface area contributed by atoms with Crippen molar-refractivity contribution in [1.29, 1.82) is 0 Å². The van der Waals surface area contributed by atoms with Gasteiger partial charge >= 0.3 is 0 Å². The SMILES string of the molecule is Cc1ccc(CN(C)CCC2CCCN2)cc1. The van der Waals surface area contributed by atoms with Gasteiger partial charge in [0.1, 0.15) is 0 Å². The van der Waals surface area contributed by atoms with Crippen LogP contribution in [0.2, 0.25) is 0 Å². The molecular formula is C15H24N2. The lowest BCUT2D eigenvalue weighted by Gasteiger charge is -2.19. The predicted molar refractivity (Wildman–Crippen MR) is 73.2 cm³/mol. The number of benzene rings is 1. The van der Waals surface area contributed by atoms with Gasteiger partial charge in [-0.3, -0.25) is 0 Å². The van der Waals surface area contributed by atoms with Gasteiger partial charge in [-0.2, -0.15) is 0 Å². The first-order valence-electron chi connectivity index (χ1n) is 6.71. The van der Waals surface area contributed by atoms with Crippen LogP contribution in [0.5, 0.6) is 0 Å². The van der Waals surface area contributed by atoms with Crippen LogP contribution in [0.3, 0.4) is 0 Å². The molecule has 0 aromatic heterocycles. The second-order valence-corrected chi connectivity index (χ2v) is 5.31. The van der Waals surface area contributed by atoms with Crippen molar-refractivity contribution in [3.05, 3.63) is 35.4 Å². The molecular weight excluding hydrogens is 208 g/mol. The zero-order chi connectivity index (χ0) is 12.1. The van der Waals surface area contributed by atoms with Gasteiger partial charge in [0.25, 0.3) is 0 Å². The van der Waals surface area contributed by atoms with E-state index in [0.29, 0.717) is 0 Å². The molecule has 0 aliphatic carbocycles. The van der Waals surface area contributed by atoms with Crippen LogP contribution in [0.1, 0.15) is 30.4 Å². The highest BCUT2D eigenvalue weighted by Gasteiger charge is 2.14. The number of hydrogen-bond donors (Lipinski definition) is 1. The largest absolute Gasteiger partial charge is 0.314 e. The Bertz CT molecular complexity index is 325. The van der Waals surface area contributed by atoms with Gasteiger partial charge in [0, 0.05) is 12.6 Å². The Balaban J connectivity index is 1.72. The lowest BCUT2D eigenvalue weighted by atomic mass is 10.1. The molecule has 1 atom stereocenters. The maximum atomic E-state index is 3.56. The molecule has 1 N–H and O–H groups in total. The van der Waals surface area contributed by atoms with Crippen molar-refractivity contribution in [2.75, 3.05) is 20.1 Å². The van der Waals surface area contributed by atoms with Crippen LogP contribution in [0.15, 0.2) is 24.3 Å². The third-order valence-corrected chi connectivity index (χ3v) is 3.59.